The molecule has 1 fully saturated rings. The zero-order chi connectivity index (χ0) is 16.4. The van der Waals surface area contributed by atoms with Crippen molar-refractivity contribution in [1.29, 1.82) is 0 Å². The molecular weight excluding hydrogens is 308 g/mol. The number of nitrogens with zero attached hydrogens (tertiary/aromatic N) is 3. The first kappa shape index (κ1) is 16.1. The summed E-state index contributed by atoms with van der Waals surface area (Å²) in [5, 5.41) is 12.0. The smallest absolute Gasteiger partial charge is 0.230 e. The lowest BCUT2D eigenvalue weighted by molar-refractivity contribution is -0.119. The summed E-state index contributed by atoms with van der Waals surface area (Å²) in [6.45, 7) is 6.21. The van der Waals surface area contributed by atoms with Crippen LogP contribution in [0.2, 0.25) is 0 Å². The summed E-state index contributed by atoms with van der Waals surface area (Å²) in [6, 6.07) is 6.56. The SMILES string of the molecule is Cc1ccc(C)c(-n2cnnc2SCC(=O)N[C@H](C)C2CC2)c1. The second-order valence-corrected chi connectivity index (χ2v) is 7.20. The molecule has 2 aromatic rings. The molecule has 1 aliphatic rings. The van der Waals surface area contributed by atoms with Gasteiger partial charge < -0.3 is 5.32 Å². The van der Waals surface area contributed by atoms with E-state index in [9.17, 15) is 4.79 Å². The molecule has 1 N–H and O–H groups in total. The summed E-state index contributed by atoms with van der Waals surface area (Å²) in [6.07, 6.45) is 4.17. The molecule has 0 saturated heterocycles. The Hall–Kier alpha value is -1.82. The van der Waals surface area contributed by atoms with Gasteiger partial charge in [-0.05, 0) is 56.7 Å². The van der Waals surface area contributed by atoms with Crippen LogP contribution in [0.25, 0.3) is 5.69 Å². The lowest BCUT2D eigenvalue weighted by atomic mass is 10.1. The molecular formula is C17H22N4OS. The molecule has 1 aliphatic carbocycles. The van der Waals surface area contributed by atoms with E-state index in [4.69, 9.17) is 0 Å². The van der Waals surface area contributed by atoms with Crippen LogP contribution in [-0.4, -0.2) is 32.5 Å². The van der Waals surface area contributed by atoms with E-state index in [1.54, 1.807) is 6.33 Å². The first-order valence-electron chi connectivity index (χ1n) is 7.94. The summed E-state index contributed by atoms with van der Waals surface area (Å²) >= 11 is 1.42. The van der Waals surface area contributed by atoms with Gasteiger partial charge in [0.1, 0.15) is 6.33 Å². The van der Waals surface area contributed by atoms with Crippen LogP contribution in [0.1, 0.15) is 30.9 Å². The number of thioether (sulfide) groups is 1. The highest BCUT2D eigenvalue weighted by molar-refractivity contribution is 7.99. The second kappa shape index (κ2) is 6.74. The minimum absolute atomic E-state index is 0.0601. The Morgan fingerprint density at radius 1 is 1.43 bits per heavy atom. The van der Waals surface area contributed by atoms with Crippen LogP contribution < -0.4 is 5.32 Å². The van der Waals surface area contributed by atoms with Crippen molar-refractivity contribution in [2.75, 3.05) is 5.75 Å². The fourth-order valence-corrected chi connectivity index (χ4v) is 3.34. The van der Waals surface area contributed by atoms with E-state index in [2.05, 4.69) is 54.5 Å². The van der Waals surface area contributed by atoms with Gasteiger partial charge >= 0.3 is 0 Å². The molecule has 23 heavy (non-hydrogen) atoms. The van der Waals surface area contributed by atoms with Crippen molar-refractivity contribution in [3.8, 4) is 5.69 Å². The number of carbonyl (C=O) groups excluding carboxylic acids is 1. The molecule has 0 unspecified atom stereocenters. The predicted octanol–water partition coefficient (Wildman–Crippen LogP) is 2.89. The minimum Gasteiger partial charge on any atom is -0.353 e. The normalized spacial score (nSPS) is 15.4. The van der Waals surface area contributed by atoms with Gasteiger partial charge in [0.15, 0.2) is 5.16 Å². The molecule has 0 spiro atoms. The number of aromatic nitrogens is 3. The second-order valence-electron chi connectivity index (χ2n) is 6.26. The van der Waals surface area contributed by atoms with Crippen molar-refractivity contribution in [1.82, 2.24) is 20.1 Å². The summed E-state index contributed by atoms with van der Waals surface area (Å²) in [4.78, 5) is 12.1. The molecule has 1 saturated carbocycles. The molecule has 1 atom stereocenters. The molecule has 122 valence electrons. The van der Waals surface area contributed by atoms with Gasteiger partial charge in [-0.2, -0.15) is 0 Å². The maximum Gasteiger partial charge on any atom is 0.230 e. The average molecular weight is 330 g/mol. The van der Waals surface area contributed by atoms with Crippen molar-refractivity contribution in [2.24, 2.45) is 5.92 Å². The van der Waals surface area contributed by atoms with Gasteiger partial charge in [-0.15, -0.1) is 10.2 Å². The number of hydrogen-bond donors (Lipinski definition) is 1. The van der Waals surface area contributed by atoms with Crippen molar-refractivity contribution in [3.05, 3.63) is 35.7 Å². The van der Waals surface area contributed by atoms with Gasteiger partial charge in [-0.1, -0.05) is 23.9 Å². The van der Waals surface area contributed by atoms with E-state index in [0.717, 1.165) is 16.4 Å². The van der Waals surface area contributed by atoms with Crippen LogP contribution >= 0.6 is 11.8 Å². The van der Waals surface area contributed by atoms with E-state index in [-0.39, 0.29) is 11.9 Å². The molecule has 1 aromatic carbocycles. The maximum absolute atomic E-state index is 12.1. The first-order valence-corrected chi connectivity index (χ1v) is 8.93. The Morgan fingerprint density at radius 2 is 2.22 bits per heavy atom. The molecule has 0 aliphatic heterocycles. The van der Waals surface area contributed by atoms with E-state index >= 15 is 0 Å². The summed E-state index contributed by atoms with van der Waals surface area (Å²) in [5.41, 5.74) is 3.40. The fourth-order valence-electron chi connectivity index (χ4n) is 2.61. The number of benzene rings is 1. The van der Waals surface area contributed by atoms with Gasteiger partial charge in [0.05, 0.1) is 11.4 Å². The van der Waals surface area contributed by atoms with Gasteiger partial charge in [0.25, 0.3) is 0 Å². The molecule has 3 rings (SSSR count). The lowest BCUT2D eigenvalue weighted by Crippen LogP contribution is -2.35. The molecule has 5 nitrogen and oxygen atoms in total. The zero-order valence-corrected chi connectivity index (χ0v) is 14.6. The summed E-state index contributed by atoms with van der Waals surface area (Å²) in [7, 11) is 0. The number of nitrogens with one attached hydrogen (secondary N) is 1. The van der Waals surface area contributed by atoms with Gasteiger partial charge in [-0.3, -0.25) is 9.36 Å². The van der Waals surface area contributed by atoms with Crippen molar-refractivity contribution in [3.63, 3.8) is 0 Å². The number of carbonyl (C=O) groups is 1. The Kier molecular flexibility index (Phi) is 4.71. The van der Waals surface area contributed by atoms with Crippen molar-refractivity contribution < 1.29 is 4.79 Å². The number of hydrogen-bond acceptors (Lipinski definition) is 4. The Balaban J connectivity index is 1.66. The van der Waals surface area contributed by atoms with E-state index in [1.165, 1.54) is 30.2 Å². The highest BCUT2D eigenvalue weighted by Gasteiger charge is 2.28. The van der Waals surface area contributed by atoms with Crippen LogP contribution in [0.5, 0.6) is 0 Å². The lowest BCUT2D eigenvalue weighted by Gasteiger charge is -2.13. The van der Waals surface area contributed by atoms with Crippen molar-refractivity contribution in [2.45, 2.75) is 44.8 Å². The third kappa shape index (κ3) is 3.93. The molecule has 1 aromatic heterocycles. The third-order valence-electron chi connectivity index (χ3n) is 4.19. The fraction of sp³-hybridized carbons (Fsp3) is 0.471. The Morgan fingerprint density at radius 3 is 2.96 bits per heavy atom. The maximum atomic E-state index is 12.1. The van der Waals surface area contributed by atoms with Gasteiger partial charge in [0.2, 0.25) is 5.91 Å². The number of amides is 1. The van der Waals surface area contributed by atoms with Crippen LogP contribution in [-0.2, 0) is 4.79 Å². The Labute approximate surface area is 140 Å². The van der Waals surface area contributed by atoms with E-state index in [1.807, 2.05) is 4.57 Å². The Bertz CT molecular complexity index is 708. The largest absolute Gasteiger partial charge is 0.353 e. The molecule has 0 radical (unpaired) electrons. The zero-order valence-electron chi connectivity index (χ0n) is 13.7. The number of rotatable bonds is 6. The van der Waals surface area contributed by atoms with Crippen LogP contribution in [0, 0.1) is 19.8 Å². The predicted molar refractivity (Wildman–Crippen MR) is 91.9 cm³/mol. The topological polar surface area (TPSA) is 59.8 Å². The molecule has 1 heterocycles. The number of aryl methyl sites for hydroxylation is 2. The average Bonchev–Trinajstić information content (AvgIpc) is 3.27. The minimum atomic E-state index is 0.0601. The molecule has 0 bridgehead atoms. The highest BCUT2D eigenvalue weighted by atomic mass is 32.2. The molecule has 6 heteroatoms. The standard InChI is InChI=1S/C17H22N4OS/c1-11-4-5-12(2)15(8-11)21-10-18-20-17(21)23-9-16(22)19-13(3)14-6-7-14/h4-5,8,10,13-14H,6-7,9H2,1-3H3,(H,19,22)/t13-/m1/s1. The first-order chi connectivity index (χ1) is 11.0. The summed E-state index contributed by atoms with van der Waals surface area (Å²) < 4.78 is 1.95. The third-order valence-corrected chi connectivity index (χ3v) is 5.13. The quantitative estimate of drug-likeness (QED) is 0.827. The van der Waals surface area contributed by atoms with E-state index < -0.39 is 0 Å². The van der Waals surface area contributed by atoms with Gasteiger partial charge in [0, 0.05) is 6.04 Å². The summed E-state index contributed by atoms with van der Waals surface area (Å²) in [5.74, 6) is 1.09. The van der Waals surface area contributed by atoms with Crippen molar-refractivity contribution >= 4 is 17.7 Å². The molecule has 1 amide bonds. The van der Waals surface area contributed by atoms with E-state index in [0.29, 0.717) is 11.7 Å². The monoisotopic (exact) mass is 330 g/mol. The van der Waals surface area contributed by atoms with Crippen LogP contribution in [0.4, 0.5) is 0 Å². The highest BCUT2D eigenvalue weighted by Crippen LogP contribution is 2.32. The van der Waals surface area contributed by atoms with Gasteiger partial charge in [-0.25, -0.2) is 0 Å². The van der Waals surface area contributed by atoms with Crippen LogP contribution in [0.15, 0.2) is 29.7 Å². The van der Waals surface area contributed by atoms with Crippen LogP contribution in [0.3, 0.4) is 0 Å².